The van der Waals surface area contributed by atoms with Gasteiger partial charge in [-0.05, 0) is 37.3 Å². The van der Waals surface area contributed by atoms with E-state index in [1.807, 2.05) is 47.9 Å². The molecule has 0 bridgehead atoms. The molecule has 28 heavy (non-hydrogen) atoms. The predicted octanol–water partition coefficient (Wildman–Crippen LogP) is 3.78. The molecule has 1 aliphatic heterocycles. The van der Waals surface area contributed by atoms with Crippen molar-refractivity contribution in [3.8, 4) is 0 Å². The third-order valence-electron chi connectivity index (χ3n) is 4.78. The SMILES string of the molecule is CCn1c(C2=C(O)CN(c3cccc(NC(C)=O)c3)C2=N)nc2ccccc21. The third kappa shape index (κ3) is 2.90. The molecule has 0 fully saturated rings. The topological polar surface area (TPSA) is 94.2 Å². The normalized spacial score (nSPS) is 14.2. The van der Waals surface area contributed by atoms with Crippen molar-refractivity contribution < 1.29 is 9.90 Å². The van der Waals surface area contributed by atoms with Crippen LogP contribution in [0.1, 0.15) is 19.7 Å². The van der Waals surface area contributed by atoms with Crippen LogP contribution in [0.3, 0.4) is 0 Å². The van der Waals surface area contributed by atoms with Gasteiger partial charge in [-0.25, -0.2) is 4.98 Å². The Hall–Kier alpha value is -3.61. The molecule has 0 unspecified atom stereocenters. The second-order valence-corrected chi connectivity index (χ2v) is 6.66. The summed E-state index contributed by atoms with van der Waals surface area (Å²) in [5, 5.41) is 22.1. The average molecular weight is 375 g/mol. The minimum Gasteiger partial charge on any atom is -0.509 e. The second-order valence-electron chi connectivity index (χ2n) is 6.66. The second kappa shape index (κ2) is 6.84. The van der Waals surface area contributed by atoms with Gasteiger partial charge in [-0.15, -0.1) is 0 Å². The summed E-state index contributed by atoms with van der Waals surface area (Å²) >= 11 is 0. The Labute approximate surface area is 162 Å². The van der Waals surface area contributed by atoms with E-state index in [0.29, 0.717) is 23.6 Å². The predicted molar refractivity (Wildman–Crippen MR) is 111 cm³/mol. The summed E-state index contributed by atoms with van der Waals surface area (Å²) in [4.78, 5) is 17.7. The molecule has 0 radical (unpaired) electrons. The number of rotatable bonds is 4. The first-order valence-corrected chi connectivity index (χ1v) is 9.11. The average Bonchev–Trinajstić information content (AvgIpc) is 3.17. The van der Waals surface area contributed by atoms with Gasteiger partial charge >= 0.3 is 0 Å². The van der Waals surface area contributed by atoms with Crippen LogP contribution in [0.5, 0.6) is 0 Å². The highest BCUT2D eigenvalue weighted by atomic mass is 16.3. The van der Waals surface area contributed by atoms with E-state index in [-0.39, 0.29) is 24.0 Å². The maximum Gasteiger partial charge on any atom is 0.221 e. The molecule has 2 heterocycles. The molecule has 0 aliphatic carbocycles. The third-order valence-corrected chi connectivity index (χ3v) is 4.78. The maximum absolute atomic E-state index is 11.3. The van der Waals surface area contributed by atoms with E-state index in [1.165, 1.54) is 6.92 Å². The molecule has 0 spiro atoms. The van der Waals surface area contributed by atoms with E-state index in [4.69, 9.17) is 5.41 Å². The van der Waals surface area contributed by atoms with Crippen LogP contribution in [0, 0.1) is 5.41 Å². The highest BCUT2D eigenvalue weighted by Gasteiger charge is 2.32. The van der Waals surface area contributed by atoms with Gasteiger partial charge in [-0.1, -0.05) is 18.2 Å². The van der Waals surface area contributed by atoms with Gasteiger partial charge < -0.3 is 19.9 Å². The van der Waals surface area contributed by atoms with Gasteiger partial charge in [0, 0.05) is 24.8 Å². The number of nitrogens with one attached hydrogen (secondary N) is 2. The zero-order valence-electron chi connectivity index (χ0n) is 15.7. The molecule has 1 amide bonds. The lowest BCUT2D eigenvalue weighted by molar-refractivity contribution is -0.114. The van der Waals surface area contributed by atoms with Gasteiger partial charge in [-0.3, -0.25) is 10.2 Å². The monoisotopic (exact) mass is 375 g/mol. The summed E-state index contributed by atoms with van der Waals surface area (Å²) in [5.41, 5.74) is 3.60. The van der Waals surface area contributed by atoms with Crippen molar-refractivity contribution in [1.29, 1.82) is 5.41 Å². The zero-order valence-corrected chi connectivity index (χ0v) is 15.7. The van der Waals surface area contributed by atoms with E-state index in [1.54, 1.807) is 17.0 Å². The maximum atomic E-state index is 11.3. The molecular weight excluding hydrogens is 354 g/mol. The number of carbonyl (C=O) groups excluding carboxylic acids is 1. The van der Waals surface area contributed by atoms with E-state index in [0.717, 1.165) is 16.7 Å². The van der Waals surface area contributed by atoms with Crippen molar-refractivity contribution in [2.75, 3.05) is 16.8 Å². The lowest BCUT2D eigenvalue weighted by Gasteiger charge is -2.19. The fraction of sp³-hybridized carbons (Fsp3) is 0.190. The number of imidazole rings is 1. The molecule has 2 aromatic carbocycles. The van der Waals surface area contributed by atoms with Crippen LogP contribution >= 0.6 is 0 Å². The Balaban J connectivity index is 1.73. The number of amides is 1. The highest BCUT2D eigenvalue weighted by molar-refractivity contribution is 6.30. The fourth-order valence-electron chi connectivity index (χ4n) is 3.58. The molecule has 4 rings (SSSR count). The number of aryl methyl sites for hydroxylation is 1. The van der Waals surface area contributed by atoms with Crippen molar-refractivity contribution in [3.63, 3.8) is 0 Å². The first kappa shape index (κ1) is 17.8. The van der Waals surface area contributed by atoms with Crippen LogP contribution in [0.4, 0.5) is 11.4 Å². The Morgan fingerprint density at radius 1 is 1.25 bits per heavy atom. The van der Waals surface area contributed by atoms with E-state index in [9.17, 15) is 9.90 Å². The fourth-order valence-corrected chi connectivity index (χ4v) is 3.58. The summed E-state index contributed by atoms with van der Waals surface area (Å²) in [5.74, 6) is 0.723. The molecule has 1 aromatic heterocycles. The summed E-state index contributed by atoms with van der Waals surface area (Å²) < 4.78 is 2.01. The van der Waals surface area contributed by atoms with Crippen molar-refractivity contribution in [2.45, 2.75) is 20.4 Å². The standard InChI is InChI=1S/C21H21N5O2/c1-3-25-17-10-5-4-9-16(17)24-21(25)19-18(28)12-26(20(19)22)15-8-6-7-14(11-15)23-13(2)27/h4-11,22,28H,3,12H2,1-2H3,(H,23,27). The van der Waals surface area contributed by atoms with E-state index in [2.05, 4.69) is 10.3 Å². The Bertz CT molecular complexity index is 1130. The molecule has 1 aliphatic rings. The summed E-state index contributed by atoms with van der Waals surface area (Å²) in [6, 6.07) is 15.0. The van der Waals surface area contributed by atoms with Gasteiger partial charge in [0.2, 0.25) is 5.91 Å². The van der Waals surface area contributed by atoms with Crippen molar-refractivity contribution >= 4 is 39.7 Å². The number of carbonyl (C=O) groups is 1. The van der Waals surface area contributed by atoms with Crippen molar-refractivity contribution in [1.82, 2.24) is 9.55 Å². The van der Waals surface area contributed by atoms with Gasteiger partial charge in [0.05, 0.1) is 23.2 Å². The number of aliphatic hydroxyl groups is 1. The van der Waals surface area contributed by atoms with Gasteiger partial charge in [0.15, 0.2) is 0 Å². The lowest BCUT2D eigenvalue weighted by Crippen LogP contribution is -2.26. The Morgan fingerprint density at radius 3 is 2.79 bits per heavy atom. The quantitative estimate of drug-likeness (QED) is 0.647. The van der Waals surface area contributed by atoms with Crippen LogP contribution < -0.4 is 10.2 Å². The van der Waals surface area contributed by atoms with Gasteiger partial charge in [0.25, 0.3) is 0 Å². The van der Waals surface area contributed by atoms with Crippen LogP contribution in [-0.2, 0) is 11.3 Å². The molecule has 3 aromatic rings. The van der Waals surface area contributed by atoms with Gasteiger partial charge in [0.1, 0.15) is 17.4 Å². The summed E-state index contributed by atoms with van der Waals surface area (Å²) in [6.45, 7) is 4.33. The summed E-state index contributed by atoms with van der Waals surface area (Å²) in [6.07, 6.45) is 0. The molecule has 0 saturated carbocycles. The van der Waals surface area contributed by atoms with E-state index < -0.39 is 0 Å². The largest absolute Gasteiger partial charge is 0.509 e. The molecule has 0 atom stereocenters. The number of nitrogens with zero attached hydrogens (tertiary/aromatic N) is 3. The van der Waals surface area contributed by atoms with Crippen molar-refractivity contribution in [3.05, 3.63) is 60.1 Å². The van der Waals surface area contributed by atoms with Crippen LogP contribution in [0.2, 0.25) is 0 Å². The minimum atomic E-state index is -0.160. The highest BCUT2D eigenvalue weighted by Crippen LogP contribution is 2.33. The summed E-state index contributed by atoms with van der Waals surface area (Å²) in [7, 11) is 0. The molecule has 7 heteroatoms. The minimum absolute atomic E-state index is 0.111. The Kier molecular flexibility index (Phi) is 4.35. The number of anilines is 2. The zero-order chi connectivity index (χ0) is 19.8. The smallest absolute Gasteiger partial charge is 0.221 e. The number of aliphatic hydroxyl groups excluding tert-OH is 1. The van der Waals surface area contributed by atoms with Crippen LogP contribution in [0.25, 0.3) is 16.6 Å². The molecule has 142 valence electrons. The molecular formula is C21H21N5O2. The molecule has 7 nitrogen and oxygen atoms in total. The molecule has 3 N–H and O–H groups in total. The van der Waals surface area contributed by atoms with Crippen LogP contribution in [-0.4, -0.2) is 32.9 Å². The Morgan fingerprint density at radius 2 is 2.04 bits per heavy atom. The number of hydrogen-bond donors (Lipinski definition) is 3. The number of aromatic nitrogens is 2. The first-order chi connectivity index (χ1) is 13.5. The van der Waals surface area contributed by atoms with E-state index >= 15 is 0 Å². The number of hydrogen-bond acceptors (Lipinski definition) is 4. The number of benzene rings is 2. The van der Waals surface area contributed by atoms with Crippen molar-refractivity contribution in [2.24, 2.45) is 0 Å². The lowest BCUT2D eigenvalue weighted by atomic mass is 10.2. The molecule has 0 saturated heterocycles. The number of amidine groups is 1. The van der Waals surface area contributed by atoms with Gasteiger partial charge in [-0.2, -0.15) is 0 Å². The van der Waals surface area contributed by atoms with Crippen LogP contribution in [0.15, 0.2) is 54.3 Å². The number of fused-ring (bicyclic) bond motifs is 1. The number of para-hydroxylation sites is 2. The first-order valence-electron chi connectivity index (χ1n) is 9.11.